The number of aromatic nitrogens is 2. The van der Waals surface area contributed by atoms with Crippen molar-refractivity contribution in [3.63, 3.8) is 0 Å². The van der Waals surface area contributed by atoms with E-state index in [1.165, 1.54) is 12.6 Å². The normalized spacial score (nSPS) is 11.8. The SMILES string of the molecule is CC[C@@H](C)c1ccc(NC(=O)COC(=O)c2nn(C)c(=O)c3ccccc23)cc1. The maximum absolute atomic E-state index is 12.5. The average Bonchev–Trinajstić information content (AvgIpc) is 2.74. The number of nitrogens with zero attached hydrogens (tertiary/aromatic N) is 2. The van der Waals surface area contributed by atoms with Gasteiger partial charge in [0.2, 0.25) is 0 Å². The van der Waals surface area contributed by atoms with Gasteiger partial charge in [-0.25, -0.2) is 9.48 Å². The van der Waals surface area contributed by atoms with Gasteiger partial charge < -0.3 is 10.1 Å². The molecule has 3 aromatic rings. The third-order valence-electron chi connectivity index (χ3n) is 4.86. The van der Waals surface area contributed by atoms with Crippen molar-refractivity contribution in [2.24, 2.45) is 7.05 Å². The molecular formula is C22H23N3O4. The van der Waals surface area contributed by atoms with E-state index in [2.05, 4.69) is 24.3 Å². The molecule has 0 aliphatic heterocycles. The smallest absolute Gasteiger partial charge is 0.359 e. The van der Waals surface area contributed by atoms with Crippen LogP contribution in [0.4, 0.5) is 5.69 Å². The summed E-state index contributed by atoms with van der Waals surface area (Å²) in [5.74, 6) is -0.771. The molecule has 0 bridgehead atoms. The van der Waals surface area contributed by atoms with Gasteiger partial charge in [0.1, 0.15) is 0 Å². The molecule has 1 N–H and O–H groups in total. The Bertz CT molecular complexity index is 1100. The Morgan fingerprint density at radius 3 is 2.41 bits per heavy atom. The van der Waals surface area contributed by atoms with Gasteiger partial charge in [-0.3, -0.25) is 9.59 Å². The highest BCUT2D eigenvalue weighted by molar-refractivity contribution is 6.03. The van der Waals surface area contributed by atoms with Crippen LogP contribution in [0.5, 0.6) is 0 Å². The summed E-state index contributed by atoms with van der Waals surface area (Å²) in [6.07, 6.45) is 1.04. The molecule has 0 radical (unpaired) electrons. The van der Waals surface area contributed by atoms with Gasteiger partial charge >= 0.3 is 5.97 Å². The molecule has 1 atom stereocenters. The van der Waals surface area contributed by atoms with E-state index < -0.39 is 18.5 Å². The number of anilines is 1. The third kappa shape index (κ3) is 4.51. The van der Waals surface area contributed by atoms with Gasteiger partial charge in [-0.05, 0) is 36.1 Å². The van der Waals surface area contributed by atoms with Gasteiger partial charge in [-0.15, -0.1) is 0 Å². The van der Waals surface area contributed by atoms with E-state index in [9.17, 15) is 14.4 Å². The molecule has 150 valence electrons. The molecule has 0 saturated carbocycles. The lowest BCUT2D eigenvalue weighted by Crippen LogP contribution is -2.26. The molecule has 0 spiro atoms. The van der Waals surface area contributed by atoms with Gasteiger partial charge in [0.05, 0.1) is 5.39 Å². The van der Waals surface area contributed by atoms with Crippen LogP contribution in [0.1, 0.15) is 42.2 Å². The molecule has 1 heterocycles. The first-order valence-corrected chi connectivity index (χ1v) is 9.43. The van der Waals surface area contributed by atoms with Crippen LogP contribution < -0.4 is 10.9 Å². The van der Waals surface area contributed by atoms with Gasteiger partial charge in [0, 0.05) is 18.1 Å². The lowest BCUT2D eigenvalue weighted by Gasteiger charge is -2.11. The molecular weight excluding hydrogens is 370 g/mol. The number of fused-ring (bicyclic) bond motifs is 1. The molecule has 3 rings (SSSR count). The van der Waals surface area contributed by atoms with Gasteiger partial charge in [-0.1, -0.05) is 44.2 Å². The Morgan fingerprint density at radius 1 is 1.10 bits per heavy atom. The number of rotatable bonds is 6. The standard InChI is InChI=1S/C22H23N3O4/c1-4-14(2)15-9-11-16(12-10-15)23-19(26)13-29-22(28)20-17-7-5-6-8-18(17)21(27)25(3)24-20/h5-12,14H,4,13H2,1-3H3,(H,23,26)/t14-/m1/s1. The number of ether oxygens (including phenoxy) is 1. The van der Waals surface area contributed by atoms with Gasteiger partial charge in [0.15, 0.2) is 12.3 Å². The highest BCUT2D eigenvalue weighted by Gasteiger charge is 2.18. The fourth-order valence-corrected chi connectivity index (χ4v) is 2.98. The number of carbonyl (C=O) groups excluding carboxylic acids is 2. The number of hydrogen-bond acceptors (Lipinski definition) is 5. The van der Waals surface area contributed by atoms with E-state index in [1.807, 2.05) is 24.3 Å². The molecule has 0 aliphatic rings. The predicted molar refractivity (Wildman–Crippen MR) is 111 cm³/mol. The maximum Gasteiger partial charge on any atom is 0.359 e. The molecule has 29 heavy (non-hydrogen) atoms. The van der Waals surface area contributed by atoms with Crippen molar-refractivity contribution in [1.29, 1.82) is 0 Å². The van der Waals surface area contributed by atoms with Crippen LogP contribution in [0, 0.1) is 0 Å². The summed E-state index contributed by atoms with van der Waals surface area (Å²) in [6, 6.07) is 14.2. The topological polar surface area (TPSA) is 90.3 Å². The minimum Gasteiger partial charge on any atom is -0.451 e. The Morgan fingerprint density at radius 2 is 1.76 bits per heavy atom. The Labute approximate surface area is 168 Å². The van der Waals surface area contributed by atoms with E-state index in [0.29, 0.717) is 22.4 Å². The van der Waals surface area contributed by atoms with Crippen LogP contribution in [0.2, 0.25) is 0 Å². The summed E-state index contributed by atoms with van der Waals surface area (Å²) in [5.41, 5.74) is 1.51. The number of carbonyl (C=O) groups is 2. The molecule has 1 aromatic heterocycles. The summed E-state index contributed by atoms with van der Waals surface area (Å²) in [4.78, 5) is 36.7. The molecule has 7 nitrogen and oxygen atoms in total. The molecule has 0 unspecified atom stereocenters. The lowest BCUT2D eigenvalue weighted by atomic mass is 9.99. The zero-order chi connectivity index (χ0) is 21.0. The molecule has 0 aliphatic carbocycles. The number of nitrogens with one attached hydrogen (secondary N) is 1. The molecule has 2 aromatic carbocycles. The Kier molecular flexibility index (Phi) is 6.07. The summed E-state index contributed by atoms with van der Waals surface area (Å²) in [6.45, 7) is 3.81. The first kappa shape index (κ1) is 20.3. The van der Waals surface area contributed by atoms with Crippen LogP contribution >= 0.6 is 0 Å². The highest BCUT2D eigenvalue weighted by atomic mass is 16.5. The minimum atomic E-state index is -0.765. The summed E-state index contributed by atoms with van der Waals surface area (Å²) >= 11 is 0. The summed E-state index contributed by atoms with van der Waals surface area (Å²) in [5, 5.41) is 7.45. The van der Waals surface area contributed by atoms with E-state index in [4.69, 9.17) is 4.74 Å². The van der Waals surface area contributed by atoms with Crippen LogP contribution in [-0.2, 0) is 16.6 Å². The summed E-state index contributed by atoms with van der Waals surface area (Å²) in [7, 11) is 1.46. The van der Waals surface area contributed by atoms with E-state index >= 15 is 0 Å². The minimum absolute atomic E-state index is 0.00611. The Hall–Kier alpha value is -3.48. The van der Waals surface area contributed by atoms with Crippen molar-refractivity contribution in [2.75, 3.05) is 11.9 Å². The zero-order valence-electron chi connectivity index (χ0n) is 16.6. The van der Waals surface area contributed by atoms with E-state index in [0.717, 1.165) is 11.1 Å². The number of aryl methyl sites for hydroxylation is 1. The quantitative estimate of drug-likeness (QED) is 0.649. The number of amides is 1. The number of esters is 1. The fraction of sp³-hybridized carbons (Fsp3) is 0.273. The van der Waals surface area contributed by atoms with Crippen molar-refractivity contribution in [3.05, 3.63) is 70.1 Å². The van der Waals surface area contributed by atoms with Crippen molar-refractivity contribution < 1.29 is 14.3 Å². The van der Waals surface area contributed by atoms with E-state index in [1.54, 1.807) is 24.3 Å². The number of benzene rings is 2. The van der Waals surface area contributed by atoms with Gasteiger partial charge in [-0.2, -0.15) is 5.10 Å². The molecule has 0 fully saturated rings. The third-order valence-corrected chi connectivity index (χ3v) is 4.86. The van der Waals surface area contributed by atoms with Crippen molar-refractivity contribution in [3.8, 4) is 0 Å². The second kappa shape index (κ2) is 8.68. The largest absolute Gasteiger partial charge is 0.451 e. The molecule has 0 saturated heterocycles. The maximum atomic E-state index is 12.5. The zero-order valence-corrected chi connectivity index (χ0v) is 16.6. The van der Waals surface area contributed by atoms with Crippen molar-refractivity contribution in [1.82, 2.24) is 9.78 Å². The number of hydrogen-bond donors (Lipinski definition) is 1. The van der Waals surface area contributed by atoms with Crippen LogP contribution in [0.15, 0.2) is 53.3 Å². The van der Waals surface area contributed by atoms with Crippen LogP contribution in [0.3, 0.4) is 0 Å². The van der Waals surface area contributed by atoms with Crippen LogP contribution in [0.25, 0.3) is 10.8 Å². The Balaban J connectivity index is 1.67. The molecule has 1 amide bonds. The second-order valence-corrected chi connectivity index (χ2v) is 6.88. The van der Waals surface area contributed by atoms with Crippen molar-refractivity contribution >= 4 is 28.3 Å². The average molecular weight is 393 g/mol. The lowest BCUT2D eigenvalue weighted by molar-refractivity contribution is -0.119. The van der Waals surface area contributed by atoms with Gasteiger partial charge in [0.25, 0.3) is 11.5 Å². The van der Waals surface area contributed by atoms with Crippen LogP contribution in [-0.4, -0.2) is 28.3 Å². The van der Waals surface area contributed by atoms with Crippen molar-refractivity contribution in [2.45, 2.75) is 26.2 Å². The predicted octanol–water partition coefficient (Wildman–Crippen LogP) is 3.24. The van der Waals surface area contributed by atoms with E-state index in [-0.39, 0.29) is 11.3 Å². The first-order valence-electron chi connectivity index (χ1n) is 9.43. The first-order chi connectivity index (χ1) is 13.9. The summed E-state index contributed by atoms with van der Waals surface area (Å²) < 4.78 is 6.20. The highest BCUT2D eigenvalue weighted by Crippen LogP contribution is 2.20. The molecule has 7 heteroatoms. The second-order valence-electron chi connectivity index (χ2n) is 6.88. The fourth-order valence-electron chi connectivity index (χ4n) is 2.98. The monoisotopic (exact) mass is 393 g/mol.